The fraction of sp³-hybridized carbons (Fsp3) is 0.773. The summed E-state index contributed by atoms with van der Waals surface area (Å²) in [5.74, 6) is -1.16. The van der Waals surface area contributed by atoms with E-state index in [-0.39, 0.29) is 22.4 Å². The van der Waals surface area contributed by atoms with Crippen LogP contribution in [0, 0.1) is 5.92 Å². The lowest BCUT2D eigenvalue weighted by molar-refractivity contribution is -0.134. The molecule has 0 aromatic heterocycles. The van der Waals surface area contributed by atoms with Crippen molar-refractivity contribution in [2.75, 3.05) is 5.75 Å². The molecule has 0 radical (unpaired) electrons. The fourth-order valence-electron chi connectivity index (χ4n) is 3.27. The van der Waals surface area contributed by atoms with Gasteiger partial charge in [0.25, 0.3) is 0 Å². The molecule has 1 heterocycles. The highest BCUT2D eigenvalue weighted by Gasteiger charge is 2.38. The van der Waals surface area contributed by atoms with Crippen molar-refractivity contribution in [2.45, 2.75) is 96.8 Å². The molecule has 0 aliphatic carbocycles. The maximum Gasteiger partial charge on any atom is 0.207 e. The summed E-state index contributed by atoms with van der Waals surface area (Å²) in [6.45, 7) is 2.26. The number of Topliss-reactive ketones (excluding diaryl/α,β-unsaturated/α-hetero) is 2. The molecule has 0 N–H and O–H groups in total. The Morgan fingerprint density at radius 2 is 1.42 bits per heavy atom. The molecule has 1 aliphatic rings. The largest absolute Gasteiger partial charge is 0.298 e. The van der Waals surface area contributed by atoms with E-state index in [0.29, 0.717) is 6.42 Å². The van der Waals surface area contributed by atoms with Gasteiger partial charge >= 0.3 is 0 Å². The summed E-state index contributed by atoms with van der Waals surface area (Å²) in [6.07, 6.45) is 20.9. The third-order valence-corrected chi connectivity index (χ3v) is 5.87. The van der Waals surface area contributed by atoms with Crippen LogP contribution in [0.3, 0.4) is 0 Å². The smallest absolute Gasteiger partial charge is 0.207 e. The first-order chi connectivity index (χ1) is 12.7. The quantitative estimate of drug-likeness (QED) is 0.186. The number of allylic oxidation sites excluding steroid dienone is 2. The second kappa shape index (κ2) is 15.2. The predicted octanol–water partition coefficient (Wildman–Crippen LogP) is 6.05. The molecule has 1 unspecified atom stereocenters. The maximum absolute atomic E-state index is 11.9. The van der Waals surface area contributed by atoms with Crippen LogP contribution in [0.5, 0.6) is 0 Å². The average Bonchev–Trinajstić information content (AvgIpc) is 2.96. The fourth-order valence-corrected chi connectivity index (χ4v) is 4.15. The van der Waals surface area contributed by atoms with E-state index >= 15 is 0 Å². The zero-order valence-electron chi connectivity index (χ0n) is 16.5. The lowest BCUT2D eigenvalue weighted by Gasteiger charge is -2.04. The van der Waals surface area contributed by atoms with E-state index in [2.05, 4.69) is 19.1 Å². The molecule has 1 rings (SSSR count). The van der Waals surface area contributed by atoms with Gasteiger partial charge in [0.15, 0.2) is 11.6 Å². The molecule has 0 saturated carbocycles. The van der Waals surface area contributed by atoms with Gasteiger partial charge in [-0.25, -0.2) is 0 Å². The van der Waals surface area contributed by atoms with Gasteiger partial charge in [-0.2, -0.15) is 0 Å². The summed E-state index contributed by atoms with van der Waals surface area (Å²) in [7, 11) is 0. The lowest BCUT2D eigenvalue weighted by Crippen LogP contribution is -2.25. The first-order valence-electron chi connectivity index (χ1n) is 10.5. The normalized spacial score (nSPS) is 17.5. The van der Waals surface area contributed by atoms with Crippen molar-refractivity contribution < 1.29 is 14.4 Å². The molecule has 0 aromatic rings. The van der Waals surface area contributed by atoms with Gasteiger partial charge < -0.3 is 0 Å². The summed E-state index contributed by atoms with van der Waals surface area (Å²) >= 11 is 0.985. The number of thioether (sulfide) groups is 1. The summed E-state index contributed by atoms with van der Waals surface area (Å²) < 4.78 is 0. The van der Waals surface area contributed by atoms with E-state index < -0.39 is 5.92 Å². The standard InChI is InChI=1S/C22H36O3S/c1-2-3-4-5-6-7-8-9-10-11-12-13-14-15-16-17-19(23)21-20(24)18-26-22(21)25/h12-13,21H,2-11,14-18H2,1H3. The Kier molecular flexibility index (Phi) is 13.5. The summed E-state index contributed by atoms with van der Waals surface area (Å²) in [4.78, 5) is 34.9. The van der Waals surface area contributed by atoms with E-state index in [1.165, 1.54) is 57.8 Å². The molecule has 0 amide bonds. The number of hydrogen-bond acceptors (Lipinski definition) is 4. The Morgan fingerprint density at radius 3 is 1.96 bits per heavy atom. The Bertz CT molecular complexity index is 440. The van der Waals surface area contributed by atoms with Crippen molar-refractivity contribution >= 4 is 28.4 Å². The topological polar surface area (TPSA) is 51.2 Å². The Morgan fingerprint density at radius 1 is 0.885 bits per heavy atom. The third kappa shape index (κ3) is 10.3. The van der Waals surface area contributed by atoms with Crippen LogP contribution in [-0.2, 0) is 14.4 Å². The van der Waals surface area contributed by atoms with E-state index in [1.54, 1.807) is 0 Å². The van der Waals surface area contributed by atoms with Crippen LogP contribution in [0.1, 0.15) is 96.8 Å². The van der Waals surface area contributed by atoms with Gasteiger partial charge in [0, 0.05) is 6.42 Å². The van der Waals surface area contributed by atoms with Gasteiger partial charge in [-0.1, -0.05) is 82.2 Å². The summed E-state index contributed by atoms with van der Waals surface area (Å²) in [5, 5.41) is -0.249. The molecule has 0 bridgehead atoms. The Labute approximate surface area is 163 Å². The molecule has 148 valence electrons. The molecular weight excluding hydrogens is 344 g/mol. The van der Waals surface area contributed by atoms with E-state index in [0.717, 1.165) is 37.4 Å². The second-order valence-electron chi connectivity index (χ2n) is 7.31. The first kappa shape index (κ1) is 23.1. The monoisotopic (exact) mass is 380 g/mol. The van der Waals surface area contributed by atoms with Gasteiger partial charge in [-0.15, -0.1) is 0 Å². The van der Waals surface area contributed by atoms with Crippen LogP contribution in [0.4, 0.5) is 0 Å². The van der Waals surface area contributed by atoms with E-state index in [4.69, 9.17) is 0 Å². The molecule has 0 aromatic carbocycles. The third-order valence-electron chi connectivity index (χ3n) is 4.92. The minimum absolute atomic E-state index is 0.177. The highest BCUT2D eigenvalue weighted by molar-refractivity contribution is 8.15. The lowest BCUT2D eigenvalue weighted by atomic mass is 9.97. The van der Waals surface area contributed by atoms with Crippen LogP contribution in [0.2, 0.25) is 0 Å². The number of unbranched alkanes of at least 4 members (excludes halogenated alkanes) is 11. The predicted molar refractivity (Wildman–Crippen MR) is 110 cm³/mol. The Hall–Kier alpha value is -0.900. The number of ketones is 2. The second-order valence-corrected chi connectivity index (χ2v) is 8.29. The van der Waals surface area contributed by atoms with Crippen molar-refractivity contribution in [3.63, 3.8) is 0 Å². The molecule has 1 saturated heterocycles. The van der Waals surface area contributed by atoms with Gasteiger partial charge in [0.1, 0.15) is 5.92 Å². The molecule has 1 fully saturated rings. The highest BCUT2D eigenvalue weighted by Crippen LogP contribution is 2.25. The van der Waals surface area contributed by atoms with Crippen molar-refractivity contribution in [1.29, 1.82) is 0 Å². The molecule has 3 nitrogen and oxygen atoms in total. The van der Waals surface area contributed by atoms with Crippen LogP contribution in [-0.4, -0.2) is 22.4 Å². The van der Waals surface area contributed by atoms with Crippen molar-refractivity contribution in [1.82, 2.24) is 0 Å². The van der Waals surface area contributed by atoms with Crippen molar-refractivity contribution in [2.24, 2.45) is 5.92 Å². The molecular formula is C22H36O3S. The Balaban J connectivity index is 1.88. The number of hydrogen-bond donors (Lipinski definition) is 0. The van der Waals surface area contributed by atoms with Crippen LogP contribution < -0.4 is 0 Å². The van der Waals surface area contributed by atoms with Gasteiger partial charge in [-0.3, -0.25) is 14.4 Å². The van der Waals surface area contributed by atoms with Gasteiger partial charge in [0.05, 0.1) is 5.75 Å². The highest BCUT2D eigenvalue weighted by atomic mass is 32.2. The summed E-state index contributed by atoms with van der Waals surface area (Å²) in [6, 6.07) is 0. The van der Waals surface area contributed by atoms with Crippen molar-refractivity contribution in [3.8, 4) is 0 Å². The minimum Gasteiger partial charge on any atom is -0.298 e. The van der Waals surface area contributed by atoms with E-state index in [9.17, 15) is 14.4 Å². The van der Waals surface area contributed by atoms with Gasteiger partial charge in [-0.05, 0) is 32.1 Å². The van der Waals surface area contributed by atoms with Crippen LogP contribution in [0.15, 0.2) is 12.2 Å². The van der Waals surface area contributed by atoms with Crippen molar-refractivity contribution in [3.05, 3.63) is 12.2 Å². The maximum atomic E-state index is 11.9. The van der Waals surface area contributed by atoms with Crippen LogP contribution in [0.25, 0.3) is 0 Å². The molecule has 1 atom stereocenters. The van der Waals surface area contributed by atoms with Gasteiger partial charge in [0.2, 0.25) is 5.12 Å². The number of carbonyl (C=O) groups is 3. The minimum atomic E-state index is -0.956. The van der Waals surface area contributed by atoms with Crippen LogP contribution >= 0.6 is 11.8 Å². The number of carbonyl (C=O) groups excluding carboxylic acids is 3. The number of rotatable bonds is 16. The molecule has 1 aliphatic heterocycles. The first-order valence-corrected chi connectivity index (χ1v) is 11.5. The SMILES string of the molecule is CCCCCCCCCCCC=CCCCCC(=O)C1C(=O)CSC1=O. The van der Waals surface area contributed by atoms with E-state index in [1.807, 2.05) is 0 Å². The zero-order chi connectivity index (χ0) is 19.0. The summed E-state index contributed by atoms with van der Waals surface area (Å²) in [5.41, 5.74) is 0. The zero-order valence-corrected chi connectivity index (χ0v) is 17.3. The average molecular weight is 381 g/mol. The molecule has 26 heavy (non-hydrogen) atoms. The molecule has 0 spiro atoms. The molecule has 4 heteroatoms.